The maximum Gasteiger partial charge on any atom is 0.302 e. The Morgan fingerprint density at radius 3 is 2.22 bits per heavy atom. The number of Topliss-reactive ketones (excluding diaryl/α,β-unsaturated/α-hetero) is 1. The second-order valence-corrected chi connectivity index (χ2v) is 18.5. The molecule has 0 spiro atoms. The molecule has 6 nitrogen and oxygen atoms in total. The van der Waals surface area contributed by atoms with Crippen molar-refractivity contribution in [2.75, 3.05) is 6.54 Å². The van der Waals surface area contributed by atoms with E-state index in [0.29, 0.717) is 24.8 Å². The molecule has 1 amide bonds. The molecule has 9 atom stereocenters. The Bertz CT molecular complexity index is 1310. The molecule has 0 aromatic carbocycles. The molecule has 1 saturated heterocycles. The van der Waals surface area contributed by atoms with Crippen molar-refractivity contribution in [1.82, 2.24) is 4.90 Å². The highest BCUT2D eigenvalue weighted by atomic mass is 16.5. The number of aliphatic hydroxyl groups is 1. The number of carbonyl (C=O) groups is 3. The first-order valence-corrected chi connectivity index (χ1v) is 18.2. The molecule has 1 heterocycles. The molecule has 0 bridgehead atoms. The van der Waals surface area contributed by atoms with Crippen LogP contribution in [-0.2, 0) is 19.1 Å². The zero-order valence-electron chi connectivity index (χ0n) is 30.0. The van der Waals surface area contributed by atoms with Gasteiger partial charge in [0.1, 0.15) is 6.10 Å². The Labute approximate surface area is 272 Å². The number of hydrogen-bond acceptors (Lipinski definition) is 5. The first-order valence-electron chi connectivity index (χ1n) is 18.2. The monoisotopic (exact) mass is 623 g/mol. The number of hydrogen-bond donors (Lipinski definition) is 1. The van der Waals surface area contributed by atoms with Crippen LogP contribution in [0.3, 0.4) is 0 Å². The van der Waals surface area contributed by atoms with Crippen molar-refractivity contribution in [2.24, 2.45) is 50.7 Å². The van der Waals surface area contributed by atoms with Crippen LogP contribution in [0.15, 0.2) is 11.1 Å². The van der Waals surface area contributed by atoms with Gasteiger partial charge in [-0.1, -0.05) is 48.5 Å². The van der Waals surface area contributed by atoms with Gasteiger partial charge in [0.2, 0.25) is 5.91 Å². The van der Waals surface area contributed by atoms with Crippen LogP contribution in [0, 0.1) is 50.7 Å². The SMILES string of the molecule is CC(=O)O[C@H]1CC[C@@]2(C)C(CC[C@]3(C)C2CCC2C4=C(C(C)C)C(=O)C[C@]4(C(=O)N4CCC[C@H]4C(C)(C)O)CC[C@]23C)C1(C)C. The summed E-state index contributed by atoms with van der Waals surface area (Å²) >= 11 is 0. The minimum Gasteiger partial charge on any atom is -0.462 e. The summed E-state index contributed by atoms with van der Waals surface area (Å²) in [4.78, 5) is 43.0. The molecule has 0 radical (unpaired) electrons. The van der Waals surface area contributed by atoms with Crippen molar-refractivity contribution in [3.63, 3.8) is 0 Å². The number of esters is 1. The normalized spacial score (nSPS) is 44.3. The van der Waals surface area contributed by atoms with Gasteiger partial charge < -0.3 is 14.7 Å². The molecule has 5 fully saturated rings. The van der Waals surface area contributed by atoms with E-state index >= 15 is 0 Å². The summed E-state index contributed by atoms with van der Waals surface area (Å²) in [7, 11) is 0. The first kappa shape index (κ1) is 33.2. The van der Waals surface area contributed by atoms with Gasteiger partial charge in [-0.25, -0.2) is 0 Å². The van der Waals surface area contributed by atoms with Crippen LogP contribution < -0.4 is 0 Å². The Balaban J connectivity index is 1.40. The topological polar surface area (TPSA) is 83.9 Å². The fourth-order valence-corrected chi connectivity index (χ4v) is 13.3. The summed E-state index contributed by atoms with van der Waals surface area (Å²) in [6.45, 7) is 22.5. The maximum absolute atomic E-state index is 14.9. The molecule has 45 heavy (non-hydrogen) atoms. The number of amides is 1. The standard InChI is InChI=1S/C39H61NO5/c1-23(2)31-26(42)22-39(33(43)40-21-11-12-29(40)35(6,7)44)20-19-37(9)25(32(31)39)13-14-28-36(8)17-16-30(45-24(3)41)34(4,5)27(36)15-18-38(28,37)10/h23,25,27-30,44H,11-22H2,1-10H3/t25?,27?,28?,29-,30-,36-,37+,38+,39+/m0/s1. The Hall–Kier alpha value is -1.69. The molecule has 0 aromatic rings. The van der Waals surface area contributed by atoms with E-state index < -0.39 is 11.0 Å². The van der Waals surface area contributed by atoms with Crippen LogP contribution in [0.2, 0.25) is 0 Å². The zero-order valence-corrected chi connectivity index (χ0v) is 30.0. The smallest absolute Gasteiger partial charge is 0.302 e. The number of likely N-dealkylation sites (tertiary alicyclic amines) is 1. The number of rotatable bonds is 4. The molecule has 6 heteroatoms. The third-order valence-corrected chi connectivity index (χ3v) is 15.4. The second-order valence-electron chi connectivity index (χ2n) is 18.5. The van der Waals surface area contributed by atoms with E-state index in [-0.39, 0.29) is 63.3 Å². The zero-order chi connectivity index (χ0) is 33.1. The molecule has 252 valence electrons. The number of allylic oxidation sites excluding steroid dienone is 1. The third-order valence-electron chi connectivity index (χ3n) is 15.4. The van der Waals surface area contributed by atoms with Crippen LogP contribution in [-0.4, -0.2) is 52.0 Å². The minimum atomic E-state index is -0.971. The predicted octanol–water partition coefficient (Wildman–Crippen LogP) is 7.66. The molecule has 3 unspecified atom stereocenters. The third kappa shape index (κ3) is 4.45. The molecule has 4 saturated carbocycles. The molecular weight excluding hydrogens is 562 g/mol. The van der Waals surface area contributed by atoms with Crippen LogP contribution in [0.4, 0.5) is 0 Å². The van der Waals surface area contributed by atoms with E-state index in [2.05, 4.69) is 48.5 Å². The van der Waals surface area contributed by atoms with Crippen LogP contribution in [0.25, 0.3) is 0 Å². The Morgan fingerprint density at radius 2 is 1.60 bits per heavy atom. The van der Waals surface area contributed by atoms with Crippen LogP contribution in [0.1, 0.15) is 140 Å². The van der Waals surface area contributed by atoms with E-state index in [1.165, 1.54) is 5.57 Å². The summed E-state index contributed by atoms with van der Waals surface area (Å²) in [6.07, 6.45) is 10.1. The lowest BCUT2D eigenvalue weighted by Crippen LogP contribution is -2.66. The largest absolute Gasteiger partial charge is 0.462 e. The van der Waals surface area contributed by atoms with Crippen molar-refractivity contribution in [3.05, 3.63) is 11.1 Å². The lowest BCUT2D eigenvalue weighted by Gasteiger charge is -2.72. The number of ketones is 1. The number of nitrogens with zero attached hydrogens (tertiary/aromatic N) is 1. The number of fused-ring (bicyclic) bond motifs is 7. The van der Waals surface area contributed by atoms with Gasteiger partial charge in [-0.05, 0) is 129 Å². The quantitative estimate of drug-likeness (QED) is 0.325. The van der Waals surface area contributed by atoms with Crippen molar-refractivity contribution in [1.29, 1.82) is 0 Å². The van der Waals surface area contributed by atoms with Gasteiger partial charge in [-0.2, -0.15) is 0 Å². The molecule has 1 aliphatic heterocycles. The van der Waals surface area contributed by atoms with E-state index in [9.17, 15) is 19.5 Å². The highest BCUT2D eigenvalue weighted by Gasteiger charge is 2.71. The Morgan fingerprint density at radius 1 is 0.911 bits per heavy atom. The highest BCUT2D eigenvalue weighted by molar-refractivity contribution is 6.07. The lowest BCUT2D eigenvalue weighted by molar-refractivity contribution is -0.233. The average molecular weight is 624 g/mol. The second kappa shape index (κ2) is 10.4. The average Bonchev–Trinajstić information content (AvgIpc) is 3.53. The van der Waals surface area contributed by atoms with Crippen molar-refractivity contribution in [3.8, 4) is 0 Å². The summed E-state index contributed by atoms with van der Waals surface area (Å²) in [5.74, 6) is 1.46. The van der Waals surface area contributed by atoms with E-state index in [1.54, 1.807) is 6.92 Å². The van der Waals surface area contributed by atoms with Crippen molar-refractivity contribution >= 4 is 17.7 Å². The lowest BCUT2D eigenvalue weighted by atomic mass is 9.33. The molecule has 5 aliphatic carbocycles. The van der Waals surface area contributed by atoms with Gasteiger partial charge in [0, 0.05) is 25.3 Å². The predicted molar refractivity (Wildman–Crippen MR) is 176 cm³/mol. The molecule has 0 aromatic heterocycles. The fraction of sp³-hybridized carbons (Fsp3) is 0.872. The van der Waals surface area contributed by atoms with Crippen molar-refractivity contribution < 1.29 is 24.2 Å². The van der Waals surface area contributed by atoms with E-state index in [1.807, 2.05) is 18.7 Å². The maximum atomic E-state index is 14.9. The molecule has 6 aliphatic rings. The summed E-state index contributed by atoms with van der Waals surface area (Å²) in [5.41, 5.74) is 0.572. The molecular formula is C39H61NO5. The molecule has 6 rings (SSSR count). The van der Waals surface area contributed by atoms with Gasteiger partial charge in [0.15, 0.2) is 5.78 Å². The van der Waals surface area contributed by atoms with Crippen molar-refractivity contribution in [2.45, 2.75) is 158 Å². The van der Waals surface area contributed by atoms with Gasteiger partial charge in [0.05, 0.1) is 17.1 Å². The Kier molecular flexibility index (Phi) is 7.68. The molecule has 1 N–H and O–H groups in total. The number of ether oxygens (including phenoxy) is 1. The summed E-state index contributed by atoms with van der Waals surface area (Å²) in [5, 5.41) is 11.1. The first-order chi connectivity index (χ1) is 20.8. The van der Waals surface area contributed by atoms with Gasteiger partial charge >= 0.3 is 5.97 Å². The van der Waals surface area contributed by atoms with Gasteiger partial charge in [-0.3, -0.25) is 14.4 Å². The van der Waals surface area contributed by atoms with E-state index in [0.717, 1.165) is 69.8 Å². The summed E-state index contributed by atoms with van der Waals surface area (Å²) in [6, 6.07) is -0.207. The fourth-order valence-electron chi connectivity index (χ4n) is 13.3. The minimum absolute atomic E-state index is 0.00863. The van der Waals surface area contributed by atoms with Gasteiger partial charge in [0.25, 0.3) is 0 Å². The summed E-state index contributed by atoms with van der Waals surface area (Å²) < 4.78 is 5.93. The van der Waals surface area contributed by atoms with Crippen LogP contribution >= 0.6 is 0 Å². The van der Waals surface area contributed by atoms with E-state index in [4.69, 9.17) is 4.74 Å². The number of carbonyl (C=O) groups excluding carboxylic acids is 3. The van der Waals surface area contributed by atoms with Gasteiger partial charge in [-0.15, -0.1) is 0 Å². The van der Waals surface area contributed by atoms with Crippen LogP contribution in [0.5, 0.6) is 0 Å². The highest BCUT2D eigenvalue weighted by Crippen LogP contribution is 2.77.